The highest BCUT2D eigenvalue weighted by Crippen LogP contribution is 2.15. The maximum absolute atomic E-state index is 10.7. The summed E-state index contributed by atoms with van der Waals surface area (Å²) in [5, 5.41) is 2.33. The van der Waals surface area contributed by atoms with E-state index in [1.807, 2.05) is 42.5 Å². The number of carbonyl (C=O) groups is 1. The van der Waals surface area contributed by atoms with Crippen molar-refractivity contribution in [3.05, 3.63) is 48.0 Å². The molecule has 0 aliphatic heterocycles. The van der Waals surface area contributed by atoms with E-state index in [0.29, 0.717) is 6.42 Å². The van der Waals surface area contributed by atoms with Crippen molar-refractivity contribution in [3.63, 3.8) is 0 Å². The first-order valence-corrected chi connectivity index (χ1v) is 4.52. The third-order valence-electron chi connectivity index (χ3n) is 2.19. The molecule has 0 aliphatic rings. The van der Waals surface area contributed by atoms with Crippen molar-refractivity contribution in [2.24, 2.45) is 5.73 Å². The topological polar surface area (TPSA) is 43.1 Å². The number of fused-ring (bicyclic) bond motifs is 1. The Morgan fingerprint density at radius 1 is 1.07 bits per heavy atom. The number of hydrogen-bond donors (Lipinski definition) is 1. The van der Waals surface area contributed by atoms with Crippen LogP contribution in [-0.4, -0.2) is 5.91 Å². The monoisotopic (exact) mass is 185 g/mol. The molecule has 0 saturated heterocycles. The van der Waals surface area contributed by atoms with Crippen LogP contribution in [0.4, 0.5) is 0 Å². The van der Waals surface area contributed by atoms with Crippen molar-refractivity contribution < 1.29 is 4.79 Å². The fourth-order valence-electron chi connectivity index (χ4n) is 1.55. The van der Waals surface area contributed by atoms with Gasteiger partial charge in [-0.3, -0.25) is 4.79 Å². The lowest BCUT2D eigenvalue weighted by atomic mass is 10.1. The highest BCUT2D eigenvalue weighted by atomic mass is 16.1. The fraction of sp³-hybridized carbons (Fsp3) is 0.0833. The summed E-state index contributed by atoms with van der Waals surface area (Å²) in [5.74, 6) is -0.291. The lowest BCUT2D eigenvalue weighted by Crippen LogP contribution is -2.13. The number of rotatable bonds is 2. The molecular formula is C12H11NO. The van der Waals surface area contributed by atoms with Crippen LogP contribution in [0.15, 0.2) is 42.5 Å². The van der Waals surface area contributed by atoms with Gasteiger partial charge in [0.2, 0.25) is 5.91 Å². The molecule has 0 unspecified atom stereocenters. The smallest absolute Gasteiger partial charge is 0.221 e. The van der Waals surface area contributed by atoms with Gasteiger partial charge in [0.25, 0.3) is 0 Å². The highest BCUT2D eigenvalue weighted by Gasteiger charge is 1.99. The number of primary amides is 1. The molecule has 0 bridgehead atoms. The van der Waals surface area contributed by atoms with Gasteiger partial charge in [0.05, 0.1) is 6.42 Å². The van der Waals surface area contributed by atoms with Crippen LogP contribution in [0.25, 0.3) is 10.8 Å². The van der Waals surface area contributed by atoms with Gasteiger partial charge >= 0.3 is 0 Å². The van der Waals surface area contributed by atoms with Gasteiger partial charge in [0.15, 0.2) is 0 Å². The van der Waals surface area contributed by atoms with Crippen molar-refractivity contribution in [2.45, 2.75) is 6.42 Å². The summed E-state index contributed by atoms with van der Waals surface area (Å²) < 4.78 is 0. The standard InChI is InChI=1S/C12H11NO/c13-12(14)8-9-5-6-10-3-1-2-4-11(10)7-9/h1-7H,8H2,(H2,13,14). The number of benzene rings is 2. The lowest BCUT2D eigenvalue weighted by Gasteiger charge is -2.00. The molecule has 2 N–H and O–H groups in total. The zero-order valence-electron chi connectivity index (χ0n) is 7.73. The molecule has 0 aliphatic carbocycles. The van der Waals surface area contributed by atoms with E-state index in [-0.39, 0.29) is 5.91 Å². The SMILES string of the molecule is NC(=O)Cc1ccc2ccccc2c1. The second kappa shape index (κ2) is 3.50. The summed E-state index contributed by atoms with van der Waals surface area (Å²) in [4.78, 5) is 10.7. The Hall–Kier alpha value is -1.83. The molecule has 14 heavy (non-hydrogen) atoms. The molecular weight excluding hydrogens is 174 g/mol. The van der Waals surface area contributed by atoms with Crippen LogP contribution in [0.2, 0.25) is 0 Å². The number of hydrogen-bond acceptors (Lipinski definition) is 1. The summed E-state index contributed by atoms with van der Waals surface area (Å²) in [5.41, 5.74) is 6.10. The van der Waals surface area contributed by atoms with Crippen LogP contribution in [0.3, 0.4) is 0 Å². The molecule has 0 fully saturated rings. The molecule has 2 rings (SSSR count). The van der Waals surface area contributed by atoms with Gasteiger partial charge in [-0.05, 0) is 16.3 Å². The normalized spacial score (nSPS) is 10.3. The van der Waals surface area contributed by atoms with E-state index in [4.69, 9.17) is 5.73 Å². The molecule has 70 valence electrons. The molecule has 0 heterocycles. The summed E-state index contributed by atoms with van der Waals surface area (Å²) in [7, 11) is 0. The van der Waals surface area contributed by atoms with Crippen molar-refractivity contribution in [1.82, 2.24) is 0 Å². The van der Waals surface area contributed by atoms with Crippen molar-refractivity contribution in [2.75, 3.05) is 0 Å². The third-order valence-corrected chi connectivity index (χ3v) is 2.19. The van der Waals surface area contributed by atoms with E-state index in [1.165, 1.54) is 5.39 Å². The summed E-state index contributed by atoms with van der Waals surface area (Å²) in [6, 6.07) is 14.0. The summed E-state index contributed by atoms with van der Waals surface area (Å²) in [6.45, 7) is 0. The minimum Gasteiger partial charge on any atom is -0.369 e. The van der Waals surface area contributed by atoms with Gasteiger partial charge in [0, 0.05) is 0 Å². The average Bonchev–Trinajstić information content (AvgIpc) is 2.17. The van der Waals surface area contributed by atoms with Crippen molar-refractivity contribution in [1.29, 1.82) is 0 Å². The van der Waals surface area contributed by atoms with E-state index in [9.17, 15) is 4.79 Å². The van der Waals surface area contributed by atoms with E-state index in [1.54, 1.807) is 0 Å². The van der Waals surface area contributed by atoms with Gasteiger partial charge in [0.1, 0.15) is 0 Å². The lowest BCUT2D eigenvalue weighted by molar-refractivity contribution is -0.117. The third kappa shape index (κ3) is 1.74. The largest absolute Gasteiger partial charge is 0.369 e. The molecule has 0 atom stereocenters. The van der Waals surface area contributed by atoms with E-state index in [0.717, 1.165) is 10.9 Å². The Balaban J connectivity index is 2.46. The van der Waals surface area contributed by atoms with Gasteiger partial charge < -0.3 is 5.73 Å². The van der Waals surface area contributed by atoms with E-state index in [2.05, 4.69) is 0 Å². The van der Waals surface area contributed by atoms with Crippen LogP contribution in [0, 0.1) is 0 Å². The van der Waals surface area contributed by atoms with Gasteiger partial charge in [-0.25, -0.2) is 0 Å². The molecule has 2 nitrogen and oxygen atoms in total. The molecule has 0 saturated carbocycles. The Bertz CT molecular complexity index is 476. The zero-order chi connectivity index (χ0) is 9.97. The Morgan fingerprint density at radius 2 is 1.79 bits per heavy atom. The second-order valence-electron chi connectivity index (χ2n) is 3.32. The minimum atomic E-state index is -0.291. The molecule has 2 aromatic rings. The van der Waals surface area contributed by atoms with Crippen LogP contribution >= 0.6 is 0 Å². The second-order valence-corrected chi connectivity index (χ2v) is 3.32. The Kier molecular flexibility index (Phi) is 2.19. The molecule has 1 amide bonds. The Labute approximate surface area is 82.3 Å². The molecule has 2 heteroatoms. The predicted octanol–water partition coefficient (Wildman–Crippen LogP) is 1.87. The zero-order valence-corrected chi connectivity index (χ0v) is 7.73. The van der Waals surface area contributed by atoms with Crippen LogP contribution in [0.1, 0.15) is 5.56 Å². The maximum atomic E-state index is 10.7. The first-order valence-electron chi connectivity index (χ1n) is 4.52. The van der Waals surface area contributed by atoms with Gasteiger partial charge in [-0.1, -0.05) is 42.5 Å². The Morgan fingerprint density at radius 3 is 2.50 bits per heavy atom. The van der Waals surface area contributed by atoms with E-state index >= 15 is 0 Å². The average molecular weight is 185 g/mol. The predicted molar refractivity (Wildman–Crippen MR) is 56.8 cm³/mol. The fourth-order valence-corrected chi connectivity index (χ4v) is 1.55. The summed E-state index contributed by atoms with van der Waals surface area (Å²) >= 11 is 0. The van der Waals surface area contributed by atoms with Crippen LogP contribution in [-0.2, 0) is 11.2 Å². The van der Waals surface area contributed by atoms with Crippen LogP contribution in [0.5, 0.6) is 0 Å². The van der Waals surface area contributed by atoms with Crippen LogP contribution < -0.4 is 5.73 Å². The first kappa shape index (κ1) is 8.75. The van der Waals surface area contributed by atoms with Gasteiger partial charge in [-0.2, -0.15) is 0 Å². The maximum Gasteiger partial charge on any atom is 0.221 e. The molecule has 2 aromatic carbocycles. The van der Waals surface area contributed by atoms with E-state index < -0.39 is 0 Å². The first-order chi connectivity index (χ1) is 6.75. The number of amides is 1. The molecule has 0 radical (unpaired) electrons. The van der Waals surface area contributed by atoms with Gasteiger partial charge in [-0.15, -0.1) is 0 Å². The molecule has 0 spiro atoms. The minimum absolute atomic E-state index is 0.291. The molecule has 0 aromatic heterocycles. The number of nitrogens with two attached hydrogens (primary N) is 1. The van der Waals surface area contributed by atoms with Crippen molar-refractivity contribution >= 4 is 16.7 Å². The summed E-state index contributed by atoms with van der Waals surface area (Å²) in [6.07, 6.45) is 0.310. The quantitative estimate of drug-likeness (QED) is 0.762. The van der Waals surface area contributed by atoms with Crippen molar-refractivity contribution in [3.8, 4) is 0 Å². The number of carbonyl (C=O) groups excluding carboxylic acids is 1. The highest BCUT2D eigenvalue weighted by molar-refractivity contribution is 5.84.